The largest absolute Gasteiger partial charge is 0.376 e. The Morgan fingerprint density at radius 1 is 0.800 bits per heavy atom. The summed E-state index contributed by atoms with van der Waals surface area (Å²) in [6.07, 6.45) is 3.77. The number of imide groups is 1. The summed E-state index contributed by atoms with van der Waals surface area (Å²) in [5.74, 6) is -1.65. The first-order valence-corrected chi connectivity index (χ1v) is 11.9. The van der Waals surface area contributed by atoms with E-state index in [1.54, 1.807) is 18.2 Å². The molecule has 9 nitrogen and oxygen atoms in total. The van der Waals surface area contributed by atoms with E-state index >= 15 is 0 Å². The molecule has 2 fully saturated rings. The van der Waals surface area contributed by atoms with Gasteiger partial charge in [0.05, 0.1) is 29.0 Å². The zero-order valence-corrected chi connectivity index (χ0v) is 19.2. The SMILES string of the molecule is O=C(NCC1CCCO1)c1cccc(N2C(=O)c3ccc(C(=O)NCC4CCCO4)cc3C2=O)c1. The van der Waals surface area contributed by atoms with E-state index in [0.717, 1.165) is 30.6 Å². The maximum Gasteiger partial charge on any atom is 0.266 e. The van der Waals surface area contributed by atoms with Gasteiger partial charge in [-0.2, -0.15) is 0 Å². The van der Waals surface area contributed by atoms with Gasteiger partial charge in [-0.3, -0.25) is 19.2 Å². The molecule has 3 aliphatic rings. The Morgan fingerprint density at radius 3 is 2.00 bits per heavy atom. The summed E-state index contributed by atoms with van der Waals surface area (Å²) in [7, 11) is 0. The summed E-state index contributed by atoms with van der Waals surface area (Å²) < 4.78 is 11.0. The molecule has 2 saturated heterocycles. The van der Waals surface area contributed by atoms with Gasteiger partial charge in [0, 0.05) is 37.4 Å². The van der Waals surface area contributed by atoms with Crippen LogP contribution in [0.15, 0.2) is 42.5 Å². The minimum absolute atomic E-state index is 0.00208. The third-order valence-electron chi connectivity index (χ3n) is 6.54. The molecular formula is C26H27N3O6. The molecule has 0 bridgehead atoms. The number of fused-ring (bicyclic) bond motifs is 1. The van der Waals surface area contributed by atoms with Crippen LogP contribution in [0.5, 0.6) is 0 Å². The number of hydrogen-bond donors (Lipinski definition) is 2. The Morgan fingerprint density at radius 2 is 1.40 bits per heavy atom. The van der Waals surface area contributed by atoms with Crippen LogP contribution < -0.4 is 15.5 Å². The molecule has 0 radical (unpaired) electrons. The molecule has 4 amide bonds. The minimum atomic E-state index is -0.532. The van der Waals surface area contributed by atoms with Crippen LogP contribution in [0.25, 0.3) is 0 Å². The first-order chi connectivity index (χ1) is 17.0. The van der Waals surface area contributed by atoms with Gasteiger partial charge in [-0.25, -0.2) is 4.90 Å². The molecule has 2 aromatic carbocycles. The highest BCUT2D eigenvalue weighted by atomic mass is 16.5. The second-order valence-corrected chi connectivity index (χ2v) is 8.95. The summed E-state index contributed by atoms with van der Waals surface area (Å²) in [6, 6.07) is 10.9. The maximum absolute atomic E-state index is 13.2. The van der Waals surface area contributed by atoms with Crippen LogP contribution in [-0.2, 0) is 9.47 Å². The van der Waals surface area contributed by atoms with Crippen LogP contribution in [0.1, 0.15) is 67.1 Å². The Kier molecular flexibility index (Phi) is 6.61. The number of anilines is 1. The van der Waals surface area contributed by atoms with Gasteiger partial charge in [0.2, 0.25) is 0 Å². The molecule has 9 heteroatoms. The maximum atomic E-state index is 13.2. The Labute approximate surface area is 202 Å². The van der Waals surface area contributed by atoms with Crippen molar-refractivity contribution in [3.8, 4) is 0 Å². The molecule has 2 atom stereocenters. The van der Waals surface area contributed by atoms with E-state index in [4.69, 9.17) is 9.47 Å². The second-order valence-electron chi connectivity index (χ2n) is 8.95. The summed E-state index contributed by atoms with van der Waals surface area (Å²) in [5.41, 5.74) is 1.32. The van der Waals surface area contributed by atoms with Gasteiger partial charge < -0.3 is 20.1 Å². The number of nitrogens with one attached hydrogen (secondary N) is 2. The first-order valence-electron chi connectivity index (χ1n) is 11.9. The van der Waals surface area contributed by atoms with E-state index in [-0.39, 0.29) is 35.1 Å². The number of amides is 4. The molecule has 2 unspecified atom stereocenters. The predicted octanol–water partition coefficient (Wildman–Crippen LogP) is 2.30. The van der Waals surface area contributed by atoms with Crippen molar-refractivity contribution in [2.24, 2.45) is 0 Å². The highest BCUT2D eigenvalue weighted by molar-refractivity contribution is 6.34. The van der Waals surface area contributed by atoms with Crippen molar-refractivity contribution in [1.82, 2.24) is 10.6 Å². The highest BCUT2D eigenvalue weighted by Gasteiger charge is 2.37. The minimum Gasteiger partial charge on any atom is -0.376 e. The highest BCUT2D eigenvalue weighted by Crippen LogP contribution is 2.29. The van der Waals surface area contributed by atoms with Gasteiger partial charge in [-0.1, -0.05) is 6.07 Å². The quantitative estimate of drug-likeness (QED) is 0.592. The van der Waals surface area contributed by atoms with Crippen molar-refractivity contribution in [3.05, 3.63) is 64.7 Å². The van der Waals surface area contributed by atoms with Crippen LogP contribution in [0.3, 0.4) is 0 Å². The molecule has 0 aromatic heterocycles. The zero-order chi connectivity index (χ0) is 24.4. The average molecular weight is 478 g/mol. The van der Waals surface area contributed by atoms with Crippen molar-refractivity contribution < 1.29 is 28.7 Å². The van der Waals surface area contributed by atoms with Gasteiger partial charge in [-0.05, 0) is 62.1 Å². The molecule has 3 aliphatic heterocycles. The molecule has 0 saturated carbocycles. The lowest BCUT2D eigenvalue weighted by atomic mass is 10.1. The number of hydrogen-bond acceptors (Lipinski definition) is 6. The Balaban J connectivity index is 1.29. The molecule has 35 heavy (non-hydrogen) atoms. The van der Waals surface area contributed by atoms with E-state index in [0.29, 0.717) is 43.1 Å². The van der Waals surface area contributed by atoms with Crippen LogP contribution in [-0.4, -0.2) is 62.1 Å². The molecule has 3 heterocycles. The van der Waals surface area contributed by atoms with E-state index in [1.165, 1.54) is 24.3 Å². The zero-order valence-electron chi connectivity index (χ0n) is 19.2. The number of benzene rings is 2. The lowest BCUT2D eigenvalue weighted by Crippen LogP contribution is -2.32. The summed E-state index contributed by atoms with van der Waals surface area (Å²) >= 11 is 0. The average Bonchev–Trinajstić information content (AvgIpc) is 3.64. The predicted molar refractivity (Wildman–Crippen MR) is 127 cm³/mol. The van der Waals surface area contributed by atoms with Gasteiger partial charge >= 0.3 is 0 Å². The third-order valence-corrected chi connectivity index (χ3v) is 6.54. The van der Waals surface area contributed by atoms with Crippen molar-refractivity contribution in [3.63, 3.8) is 0 Å². The van der Waals surface area contributed by atoms with Crippen molar-refractivity contribution in [1.29, 1.82) is 0 Å². The molecule has 0 aliphatic carbocycles. The first kappa shape index (κ1) is 23.2. The van der Waals surface area contributed by atoms with E-state index in [2.05, 4.69) is 10.6 Å². The van der Waals surface area contributed by atoms with Gasteiger partial charge in [0.1, 0.15) is 0 Å². The van der Waals surface area contributed by atoms with Gasteiger partial charge in [0.25, 0.3) is 23.6 Å². The van der Waals surface area contributed by atoms with Gasteiger partial charge in [0.15, 0.2) is 0 Å². The summed E-state index contributed by atoms with van der Waals surface area (Å²) in [5, 5.41) is 5.67. The Hall–Kier alpha value is -3.56. The molecule has 5 rings (SSSR count). The van der Waals surface area contributed by atoms with Crippen LogP contribution in [0.4, 0.5) is 5.69 Å². The number of ether oxygens (including phenoxy) is 2. The molecule has 0 spiro atoms. The fourth-order valence-electron chi connectivity index (χ4n) is 4.63. The second kappa shape index (κ2) is 9.97. The van der Waals surface area contributed by atoms with E-state index in [9.17, 15) is 19.2 Å². The topological polar surface area (TPSA) is 114 Å². The lowest BCUT2D eigenvalue weighted by molar-refractivity contribution is 0.0854. The monoisotopic (exact) mass is 477 g/mol. The lowest BCUT2D eigenvalue weighted by Gasteiger charge is -2.15. The normalized spacial score (nSPS) is 21.3. The molecule has 182 valence electrons. The van der Waals surface area contributed by atoms with Crippen LogP contribution in [0, 0.1) is 0 Å². The van der Waals surface area contributed by atoms with E-state index in [1.807, 2.05) is 0 Å². The number of carbonyl (C=O) groups excluding carboxylic acids is 4. The third kappa shape index (κ3) is 4.82. The number of rotatable bonds is 7. The fourth-order valence-corrected chi connectivity index (χ4v) is 4.63. The smallest absolute Gasteiger partial charge is 0.266 e. The molecule has 2 N–H and O–H groups in total. The summed E-state index contributed by atoms with van der Waals surface area (Å²) in [4.78, 5) is 52.4. The molecular weight excluding hydrogens is 450 g/mol. The van der Waals surface area contributed by atoms with Crippen LogP contribution in [0.2, 0.25) is 0 Å². The van der Waals surface area contributed by atoms with Crippen molar-refractivity contribution in [2.75, 3.05) is 31.2 Å². The fraction of sp³-hybridized carbons (Fsp3) is 0.385. The van der Waals surface area contributed by atoms with Gasteiger partial charge in [-0.15, -0.1) is 0 Å². The Bertz CT molecular complexity index is 1170. The van der Waals surface area contributed by atoms with Crippen molar-refractivity contribution >= 4 is 29.3 Å². The van der Waals surface area contributed by atoms with Crippen molar-refractivity contribution in [2.45, 2.75) is 37.9 Å². The summed E-state index contributed by atoms with van der Waals surface area (Å²) in [6.45, 7) is 2.21. The standard InChI is InChI=1S/C26H27N3O6/c30-23(27-14-19-6-2-10-34-19)16-4-1-5-18(12-16)29-25(32)21-9-8-17(13-22(21)26(29)33)24(31)28-15-20-7-3-11-35-20/h1,4-5,8-9,12-13,19-20H,2-3,6-7,10-11,14-15H2,(H,27,30)(H,28,31). The molecule has 2 aromatic rings. The van der Waals surface area contributed by atoms with E-state index < -0.39 is 11.8 Å². The number of carbonyl (C=O) groups is 4. The van der Waals surface area contributed by atoms with Crippen LogP contribution >= 0.6 is 0 Å². The number of nitrogens with zero attached hydrogens (tertiary/aromatic N) is 1.